The number of aliphatic imine (C=N–C) groups is 1. The lowest BCUT2D eigenvalue weighted by Gasteiger charge is -2.11. The molecule has 2 aromatic carbocycles. The Balaban J connectivity index is 1.61. The summed E-state index contributed by atoms with van der Waals surface area (Å²) in [7, 11) is 1.67. The van der Waals surface area contributed by atoms with Gasteiger partial charge in [0.15, 0.2) is 0 Å². The first-order valence-electron chi connectivity index (χ1n) is 7.44. The first-order chi connectivity index (χ1) is 10.9. The molecule has 0 saturated heterocycles. The highest BCUT2D eigenvalue weighted by Gasteiger charge is 2.11. The lowest BCUT2D eigenvalue weighted by Crippen LogP contribution is -2.21. The fraction of sp³-hybridized carbons (Fsp3) is 0.278. The lowest BCUT2D eigenvalue weighted by atomic mass is 10.1. The zero-order valence-electron chi connectivity index (χ0n) is 12.7. The first kappa shape index (κ1) is 14.6. The van der Waals surface area contributed by atoms with Gasteiger partial charge in [-0.15, -0.1) is 0 Å². The second-order valence-electron chi connectivity index (χ2n) is 5.16. The summed E-state index contributed by atoms with van der Waals surface area (Å²) in [5, 5.41) is 3.31. The number of hydrogen-bond acceptors (Lipinski definition) is 4. The van der Waals surface area contributed by atoms with Crippen molar-refractivity contribution in [2.75, 3.05) is 20.2 Å². The molecule has 0 aliphatic carbocycles. The van der Waals surface area contributed by atoms with E-state index < -0.39 is 0 Å². The Labute approximate surface area is 130 Å². The Kier molecular flexibility index (Phi) is 4.71. The van der Waals surface area contributed by atoms with Crippen molar-refractivity contribution in [1.82, 2.24) is 5.32 Å². The van der Waals surface area contributed by atoms with E-state index in [0.717, 1.165) is 41.4 Å². The topological polar surface area (TPSA) is 42.9 Å². The number of ether oxygens (including phenoxy) is 2. The maximum absolute atomic E-state index is 5.86. The summed E-state index contributed by atoms with van der Waals surface area (Å²) in [5.74, 6) is 1.84. The molecule has 4 heteroatoms. The van der Waals surface area contributed by atoms with Gasteiger partial charge in [-0.3, -0.25) is 4.99 Å². The normalized spacial score (nSPS) is 13.6. The molecule has 114 valence electrons. The molecule has 1 aliphatic heterocycles. The van der Waals surface area contributed by atoms with Gasteiger partial charge in [-0.1, -0.05) is 36.4 Å². The maximum Gasteiger partial charge on any atom is 0.128 e. The Bertz CT molecular complexity index is 650. The fourth-order valence-corrected chi connectivity index (χ4v) is 2.46. The first-order valence-corrected chi connectivity index (χ1v) is 7.44. The molecular formula is C18H20N2O2. The largest absolute Gasteiger partial charge is 0.497 e. The summed E-state index contributed by atoms with van der Waals surface area (Å²) >= 11 is 0. The van der Waals surface area contributed by atoms with E-state index in [2.05, 4.69) is 22.4 Å². The van der Waals surface area contributed by atoms with Crippen molar-refractivity contribution in [2.24, 2.45) is 4.99 Å². The van der Waals surface area contributed by atoms with Crippen molar-refractivity contribution in [3.8, 4) is 5.75 Å². The lowest BCUT2D eigenvalue weighted by molar-refractivity contribution is 0.107. The van der Waals surface area contributed by atoms with E-state index in [1.54, 1.807) is 7.11 Å². The van der Waals surface area contributed by atoms with Crippen LogP contribution in [0.3, 0.4) is 0 Å². The molecule has 0 spiro atoms. The minimum absolute atomic E-state index is 0.572. The van der Waals surface area contributed by atoms with E-state index >= 15 is 0 Å². The van der Waals surface area contributed by atoms with Crippen LogP contribution in [0.5, 0.6) is 5.75 Å². The summed E-state index contributed by atoms with van der Waals surface area (Å²) in [4.78, 5) is 4.49. The predicted octanol–water partition coefficient (Wildman–Crippen LogP) is 2.76. The molecule has 2 aromatic rings. The average Bonchev–Trinajstić information content (AvgIpc) is 3.10. The molecule has 4 nitrogen and oxygen atoms in total. The van der Waals surface area contributed by atoms with Crippen LogP contribution in [0.25, 0.3) is 0 Å². The van der Waals surface area contributed by atoms with Gasteiger partial charge in [0.2, 0.25) is 0 Å². The second kappa shape index (κ2) is 7.09. The van der Waals surface area contributed by atoms with Crippen LogP contribution in [0.4, 0.5) is 0 Å². The Morgan fingerprint density at radius 3 is 2.59 bits per heavy atom. The van der Waals surface area contributed by atoms with Gasteiger partial charge in [0.05, 0.1) is 26.9 Å². The third kappa shape index (κ3) is 3.46. The van der Waals surface area contributed by atoms with E-state index in [-0.39, 0.29) is 0 Å². The highest BCUT2D eigenvalue weighted by Crippen LogP contribution is 2.15. The third-order valence-corrected chi connectivity index (χ3v) is 3.63. The van der Waals surface area contributed by atoms with Crippen LogP contribution < -0.4 is 10.1 Å². The fourth-order valence-electron chi connectivity index (χ4n) is 2.46. The minimum Gasteiger partial charge on any atom is -0.497 e. The maximum atomic E-state index is 5.86. The minimum atomic E-state index is 0.572. The monoisotopic (exact) mass is 296 g/mol. The smallest absolute Gasteiger partial charge is 0.128 e. The summed E-state index contributed by atoms with van der Waals surface area (Å²) in [5.41, 5.74) is 3.42. The average molecular weight is 296 g/mol. The van der Waals surface area contributed by atoms with Gasteiger partial charge in [-0.2, -0.15) is 0 Å². The van der Waals surface area contributed by atoms with Crippen LogP contribution in [0, 0.1) is 0 Å². The van der Waals surface area contributed by atoms with Crippen molar-refractivity contribution in [3.05, 3.63) is 65.2 Å². The van der Waals surface area contributed by atoms with Gasteiger partial charge < -0.3 is 14.8 Å². The van der Waals surface area contributed by atoms with Crippen LogP contribution in [0.15, 0.2) is 53.5 Å². The van der Waals surface area contributed by atoms with Crippen LogP contribution in [-0.2, 0) is 18.0 Å². The summed E-state index contributed by atoms with van der Waals surface area (Å²) in [6.45, 7) is 2.91. The molecule has 0 saturated carbocycles. The van der Waals surface area contributed by atoms with Crippen LogP contribution in [0.2, 0.25) is 0 Å². The van der Waals surface area contributed by atoms with E-state index in [1.165, 1.54) is 0 Å². The third-order valence-electron chi connectivity index (χ3n) is 3.63. The van der Waals surface area contributed by atoms with Crippen molar-refractivity contribution < 1.29 is 9.47 Å². The molecule has 0 unspecified atom stereocenters. The zero-order valence-corrected chi connectivity index (χ0v) is 12.7. The highest BCUT2D eigenvalue weighted by molar-refractivity contribution is 6.00. The molecule has 1 heterocycles. The molecule has 0 fully saturated rings. The Morgan fingerprint density at radius 2 is 1.86 bits per heavy atom. The molecule has 1 aliphatic rings. The van der Waals surface area contributed by atoms with Gasteiger partial charge in [-0.05, 0) is 23.3 Å². The van der Waals surface area contributed by atoms with Crippen LogP contribution in [-0.4, -0.2) is 26.0 Å². The quantitative estimate of drug-likeness (QED) is 0.891. The van der Waals surface area contributed by atoms with Crippen molar-refractivity contribution in [2.45, 2.75) is 13.2 Å². The SMILES string of the molecule is COc1ccc(COCc2ccccc2C2=NCCN2)cc1. The van der Waals surface area contributed by atoms with Gasteiger partial charge in [0.1, 0.15) is 11.6 Å². The molecule has 22 heavy (non-hydrogen) atoms. The molecule has 1 N–H and O–H groups in total. The number of hydrogen-bond donors (Lipinski definition) is 1. The highest BCUT2D eigenvalue weighted by atomic mass is 16.5. The number of methoxy groups -OCH3 is 1. The number of rotatable bonds is 6. The van der Waals surface area contributed by atoms with Gasteiger partial charge >= 0.3 is 0 Å². The standard InChI is InChI=1S/C18H20N2O2/c1-21-16-8-6-14(7-9-16)12-22-13-15-4-2-3-5-17(15)18-19-10-11-20-18/h2-9H,10-13H2,1H3,(H,19,20). The molecular weight excluding hydrogens is 276 g/mol. The number of amidine groups is 1. The van der Waals surface area contributed by atoms with E-state index in [0.29, 0.717) is 13.2 Å². The van der Waals surface area contributed by atoms with Crippen molar-refractivity contribution in [1.29, 1.82) is 0 Å². The molecule has 0 aromatic heterocycles. The summed E-state index contributed by atoms with van der Waals surface area (Å²) < 4.78 is 11.0. The van der Waals surface area contributed by atoms with Gasteiger partial charge in [-0.25, -0.2) is 0 Å². The molecule has 0 radical (unpaired) electrons. The predicted molar refractivity (Wildman–Crippen MR) is 87.3 cm³/mol. The molecule has 3 rings (SSSR count). The Morgan fingerprint density at radius 1 is 1.05 bits per heavy atom. The zero-order chi connectivity index (χ0) is 15.2. The number of benzene rings is 2. The van der Waals surface area contributed by atoms with Crippen LogP contribution >= 0.6 is 0 Å². The van der Waals surface area contributed by atoms with Crippen molar-refractivity contribution >= 4 is 5.84 Å². The number of nitrogens with one attached hydrogen (secondary N) is 1. The van der Waals surface area contributed by atoms with E-state index in [4.69, 9.17) is 9.47 Å². The molecule has 0 bridgehead atoms. The summed E-state index contributed by atoms with van der Waals surface area (Å²) in [6.07, 6.45) is 0. The van der Waals surface area contributed by atoms with E-state index in [9.17, 15) is 0 Å². The summed E-state index contributed by atoms with van der Waals surface area (Å²) in [6, 6.07) is 16.2. The second-order valence-corrected chi connectivity index (χ2v) is 5.16. The molecule has 0 atom stereocenters. The van der Waals surface area contributed by atoms with E-state index in [1.807, 2.05) is 36.4 Å². The van der Waals surface area contributed by atoms with Gasteiger partial charge in [0.25, 0.3) is 0 Å². The van der Waals surface area contributed by atoms with Crippen LogP contribution in [0.1, 0.15) is 16.7 Å². The number of nitrogens with zero attached hydrogens (tertiary/aromatic N) is 1. The Hall–Kier alpha value is -2.33. The molecule has 0 amide bonds. The van der Waals surface area contributed by atoms with Crippen molar-refractivity contribution in [3.63, 3.8) is 0 Å². The van der Waals surface area contributed by atoms with Gasteiger partial charge in [0, 0.05) is 12.1 Å².